The van der Waals surface area contributed by atoms with E-state index in [4.69, 9.17) is 10.1 Å². The average Bonchev–Trinajstić information content (AvgIpc) is 2.34. The van der Waals surface area contributed by atoms with Crippen molar-refractivity contribution in [1.82, 2.24) is 0 Å². The Morgan fingerprint density at radius 1 is 1.40 bits per heavy atom. The Morgan fingerprint density at radius 2 is 2.05 bits per heavy atom. The highest BCUT2D eigenvalue weighted by Crippen LogP contribution is 2.22. The number of anilines is 1. The molecule has 1 rings (SSSR count). The maximum Gasteiger partial charge on any atom is 0.325 e. The summed E-state index contributed by atoms with van der Waals surface area (Å²) in [5.41, 5.74) is 1.11. The number of rotatable bonds is 5. The molecule has 3 N–H and O–H groups in total. The van der Waals surface area contributed by atoms with Crippen molar-refractivity contribution >= 4 is 17.4 Å². The number of carbonyl (C=O) groups excluding carboxylic acids is 1. The summed E-state index contributed by atoms with van der Waals surface area (Å²) < 4.78 is 5.21. The first kappa shape index (κ1) is 16.0. The molecule has 20 heavy (non-hydrogen) atoms. The minimum atomic E-state index is -0.521. The van der Waals surface area contributed by atoms with E-state index in [1.54, 1.807) is 6.07 Å². The largest absolute Gasteiger partial charge is 0.508 e. The Balaban J connectivity index is 2.78. The molecule has 0 saturated heterocycles. The smallest absolute Gasteiger partial charge is 0.325 e. The third-order valence-corrected chi connectivity index (χ3v) is 2.53. The van der Waals surface area contributed by atoms with Gasteiger partial charge in [-0.2, -0.15) is 0 Å². The second kappa shape index (κ2) is 6.41. The van der Waals surface area contributed by atoms with Crippen molar-refractivity contribution < 1.29 is 14.6 Å². The molecule has 0 aromatic heterocycles. The van der Waals surface area contributed by atoms with Crippen LogP contribution in [0.25, 0.3) is 0 Å². The Kier molecular flexibility index (Phi) is 5.13. The van der Waals surface area contributed by atoms with Gasteiger partial charge in [-0.05, 0) is 45.4 Å². The lowest BCUT2D eigenvalue weighted by Gasteiger charge is -2.20. The number of carbonyl (C=O) groups is 1. The van der Waals surface area contributed by atoms with Gasteiger partial charge in [0.15, 0.2) is 0 Å². The average molecular weight is 278 g/mol. The zero-order valence-electron chi connectivity index (χ0n) is 12.4. The molecule has 0 aliphatic carbocycles. The highest BCUT2D eigenvalue weighted by atomic mass is 16.6. The van der Waals surface area contributed by atoms with Gasteiger partial charge in [-0.1, -0.05) is 6.92 Å². The third-order valence-electron chi connectivity index (χ3n) is 2.53. The highest BCUT2D eigenvalue weighted by molar-refractivity contribution is 6.03. The molecule has 5 nitrogen and oxygen atoms in total. The first-order valence-corrected chi connectivity index (χ1v) is 6.59. The monoisotopic (exact) mass is 278 g/mol. The van der Waals surface area contributed by atoms with Gasteiger partial charge in [-0.25, -0.2) is 0 Å². The van der Waals surface area contributed by atoms with Crippen LogP contribution in [-0.4, -0.2) is 28.9 Å². The molecule has 110 valence electrons. The summed E-state index contributed by atoms with van der Waals surface area (Å²) in [7, 11) is 0. The van der Waals surface area contributed by atoms with Crippen LogP contribution in [-0.2, 0) is 9.53 Å². The van der Waals surface area contributed by atoms with E-state index in [9.17, 15) is 9.90 Å². The van der Waals surface area contributed by atoms with E-state index < -0.39 is 5.60 Å². The zero-order chi connectivity index (χ0) is 15.3. The first-order chi connectivity index (χ1) is 9.23. The van der Waals surface area contributed by atoms with E-state index in [1.165, 1.54) is 12.1 Å². The van der Waals surface area contributed by atoms with Crippen LogP contribution in [0, 0.1) is 5.41 Å². The summed E-state index contributed by atoms with van der Waals surface area (Å²) in [4.78, 5) is 11.7. The summed E-state index contributed by atoms with van der Waals surface area (Å²) >= 11 is 0. The van der Waals surface area contributed by atoms with Crippen LogP contribution in [0.1, 0.15) is 39.7 Å². The summed E-state index contributed by atoms with van der Waals surface area (Å²) in [6, 6.07) is 4.69. The van der Waals surface area contributed by atoms with Gasteiger partial charge in [0.2, 0.25) is 0 Å². The SMILES string of the molecule is CCC(=N)c1cc(O)ccc1NCC(=O)OC(C)(C)C. The van der Waals surface area contributed by atoms with Crippen molar-refractivity contribution in [1.29, 1.82) is 5.41 Å². The van der Waals surface area contributed by atoms with E-state index in [0.29, 0.717) is 23.4 Å². The maximum atomic E-state index is 11.7. The number of phenols is 1. The van der Waals surface area contributed by atoms with Crippen molar-refractivity contribution in [2.45, 2.75) is 39.7 Å². The molecule has 1 aromatic rings. The lowest BCUT2D eigenvalue weighted by atomic mass is 10.1. The summed E-state index contributed by atoms with van der Waals surface area (Å²) in [6.07, 6.45) is 0.546. The van der Waals surface area contributed by atoms with Crippen molar-refractivity contribution in [3.8, 4) is 5.75 Å². The molecule has 0 fully saturated rings. The summed E-state index contributed by atoms with van der Waals surface area (Å²) in [5.74, 6) is -0.263. The second-order valence-corrected chi connectivity index (χ2v) is 5.50. The van der Waals surface area contributed by atoms with Crippen molar-refractivity contribution in [2.75, 3.05) is 11.9 Å². The molecule has 0 spiro atoms. The van der Waals surface area contributed by atoms with Crippen molar-refractivity contribution in [3.05, 3.63) is 23.8 Å². The number of benzene rings is 1. The third kappa shape index (κ3) is 4.91. The molecule has 0 unspecified atom stereocenters. The number of nitrogens with one attached hydrogen (secondary N) is 2. The van der Waals surface area contributed by atoms with E-state index in [1.807, 2.05) is 27.7 Å². The Labute approximate surface area is 119 Å². The fraction of sp³-hybridized carbons (Fsp3) is 0.467. The number of hydrogen-bond donors (Lipinski definition) is 3. The van der Waals surface area contributed by atoms with Gasteiger partial charge in [0, 0.05) is 17.0 Å². The maximum absolute atomic E-state index is 11.7. The standard InChI is InChI=1S/C15H22N2O3/c1-5-12(16)11-8-10(18)6-7-13(11)17-9-14(19)20-15(2,3)4/h6-8,16-18H,5,9H2,1-4H3. The lowest BCUT2D eigenvalue weighted by Crippen LogP contribution is -2.28. The van der Waals surface area contributed by atoms with Gasteiger partial charge >= 0.3 is 5.97 Å². The molecule has 0 aliphatic rings. The van der Waals surface area contributed by atoms with Gasteiger partial charge in [0.1, 0.15) is 17.9 Å². The van der Waals surface area contributed by atoms with Gasteiger partial charge in [-0.15, -0.1) is 0 Å². The van der Waals surface area contributed by atoms with Crippen molar-refractivity contribution in [2.24, 2.45) is 0 Å². The predicted octanol–water partition coefficient (Wildman–Crippen LogP) is 2.92. The van der Waals surface area contributed by atoms with Gasteiger partial charge in [0.25, 0.3) is 0 Å². The Hall–Kier alpha value is -2.04. The van der Waals surface area contributed by atoms with E-state index in [2.05, 4.69) is 5.32 Å². The lowest BCUT2D eigenvalue weighted by molar-refractivity contribution is -0.152. The number of esters is 1. The van der Waals surface area contributed by atoms with Gasteiger partial charge in [-0.3, -0.25) is 4.79 Å². The van der Waals surface area contributed by atoms with Crippen LogP contribution in [0.15, 0.2) is 18.2 Å². The van der Waals surface area contributed by atoms with Gasteiger partial charge < -0.3 is 20.6 Å². The number of hydrogen-bond acceptors (Lipinski definition) is 5. The van der Waals surface area contributed by atoms with Crippen LogP contribution in [0.2, 0.25) is 0 Å². The summed E-state index contributed by atoms with van der Waals surface area (Å²) in [6.45, 7) is 7.31. The quantitative estimate of drug-likeness (QED) is 0.439. The molecule has 0 heterocycles. The number of ether oxygens (including phenoxy) is 1. The Bertz CT molecular complexity index is 504. The van der Waals surface area contributed by atoms with Crippen LogP contribution in [0.3, 0.4) is 0 Å². The molecule has 0 saturated carbocycles. The second-order valence-electron chi connectivity index (χ2n) is 5.50. The van der Waals surface area contributed by atoms with Crippen LogP contribution < -0.4 is 5.32 Å². The normalized spacial score (nSPS) is 11.0. The van der Waals surface area contributed by atoms with Crippen LogP contribution >= 0.6 is 0 Å². The zero-order valence-corrected chi connectivity index (χ0v) is 12.4. The number of aromatic hydroxyl groups is 1. The molecule has 1 aromatic carbocycles. The summed E-state index contributed by atoms with van der Waals surface area (Å²) in [5, 5.41) is 20.3. The Morgan fingerprint density at radius 3 is 2.60 bits per heavy atom. The molecule has 0 atom stereocenters. The fourth-order valence-electron chi connectivity index (χ4n) is 1.67. The molecular formula is C15H22N2O3. The molecule has 0 aliphatic heterocycles. The van der Waals surface area contributed by atoms with Crippen molar-refractivity contribution in [3.63, 3.8) is 0 Å². The molecule has 0 bridgehead atoms. The van der Waals surface area contributed by atoms with E-state index in [-0.39, 0.29) is 18.3 Å². The topological polar surface area (TPSA) is 82.4 Å². The molecule has 0 radical (unpaired) electrons. The number of phenolic OH excluding ortho intramolecular Hbond substituents is 1. The minimum absolute atomic E-state index is 0.0199. The molecular weight excluding hydrogens is 256 g/mol. The predicted molar refractivity (Wildman–Crippen MR) is 79.6 cm³/mol. The first-order valence-electron chi connectivity index (χ1n) is 6.59. The van der Waals surface area contributed by atoms with E-state index in [0.717, 1.165) is 0 Å². The van der Waals surface area contributed by atoms with Crippen LogP contribution in [0.5, 0.6) is 5.75 Å². The van der Waals surface area contributed by atoms with Crippen LogP contribution in [0.4, 0.5) is 5.69 Å². The van der Waals surface area contributed by atoms with Gasteiger partial charge in [0.05, 0.1) is 0 Å². The fourth-order valence-corrected chi connectivity index (χ4v) is 1.67. The molecule has 0 amide bonds. The van der Waals surface area contributed by atoms with E-state index >= 15 is 0 Å². The minimum Gasteiger partial charge on any atom is -0.508 e. The molecule has 5 heteroatoms. The highest BCUT2D eigenvalue weighted by Gasteiger charge is 2.16.